The van der Waals surface area contributed by atoms with Gasteiger partial charge in [0, 0.05) is 18.7 Å². The Kier molecular flexibility index (Phi) is 3.22. The molecule has 0 spiro atoms. The predicted molar refractivity (Wildman–Crippen MR) is 80.9 cm³/mol. The summed E-state index contributed by atoms with van der Waals surface area (Å²) in [4.78, 5) is 15.1. The van der Waals surface area contributed by atoms with Crippen LogP contribution in [0.4, 0.5) is 0 Å². The summed E-state index contributed by atoms with van der Waals surface area (Å²) in [5, 5.41) is 13.7. The van der Waals surface area contributed by atoms with E-state index >= 15 is 0 Å². The Bertz CT molecular complexity index is 705. The van der Waals surface area contributed by atoms with Gasteiger partial charge in [-0.3, -0.25) is 9.89 Å². The Balaban J connectivity index is 1.59. The number of H-pyrrole nitrogens is 1. The Morgan fingerprint density at radius 1 is 1.41 bits per heavy atom. The lowest BCUT2D eigenvalue weighted by molar-refractivity contribution is 0.0619. The van der Waals surface area contributed by atoms with Crippen LogP contribution in [0, 0.1) is 5.92 Å². The molecule has 1 aromatic heterocycles. The molecule has 7 nitrogen and oxygen atoms in total. The minimum atomic E-state index is -0.0968. The van der Waals surface area contributed by atoms with Gasteiger partial charge in [-0.2, -0.15) is 0 Å². The number of ether oxygens (including phenoxy) is 1. The van der Waals surface area contributed by atoms with Crippen molar-refractivity contribution in [2.24, 2.45) is 5.92 Å². The van der Waals surface area contributed by atoms with Gasteiger partial charge in [-0.05, 0) is 37.9 Å². The number of aromatic nitrogens is 3. The van der Waals surface area contributed by atoms with Gasteiger partial charge < -0.3 is 15.0 Å². The molecule has 116 valence electrons. The molecular weight excluding hydrogens is 282 g/mol. The van der Waals surface area contributed by atoms with E-state index in [1.165, 1.54) is 12.8 Å². The van der Waals surface area contributed by atoms with Crippen molar-refractivity contribution in [1.82, 2.24) is 25.6 Å². The van der Waals surface area contributed by atoms with Crippen molar-refractivity contribution in [2.75, 3.05) is 26.7 Å². The topological polar surface area (TPSA) is 83.1 Å². The monoisotopic (exact) mass is 301 g/mol. The van der Waals surface area contributed by atoms with Crippen molar-refractivity contribution >= 4 is 16.9 Å². The molecule has 1 unspecified atom stereocenters. The molecule has 2 N–H and O–H groups in total. The predicted octanol–water partition coefficient (Wildman–Crippen LogP) is 0.790. The first-order chi connectivity index (χ1) is 10.7. The smallest absolute Gasteiger partial charge is 0.255 e. The second-order valence-electron chi connectivity index (χ2n) is 6.10. The van der Waals surface area contributed by atoms with Crippen LogP contribution in [0.3, 0.4) is 0 Å². The quantitative estimate of drug-likeness (QED) is 0.876. The fraction of sp³-hybridized carbons (Fsp3) is 0.533. The Labute approximate surface area is 128 Å². The van der Waals surface area contributed by atoms with Crippen LogP contribution in [-0.2, 0) is 0 Å². The standard InChI is InChI=1S/C15H19N5O2/c1-22-14-7-12-11(17-19-18-12)6-10(14)15(21)16-13-8-20-4-2-9(13)3-5-20/h6-7,9,13H,2-5,8H2,1H3,(H,16,21)(H,17,18,19). The number of piperidine rings is 3. The van der Waals surface area contributed by atoms with Crippen LogP contribution in [0.15, 0.2) is 12.1 Å². The van der Waals surface area contributed by atoms with E-state index < -0.39 is 0 Å². The lowest BCUT2D eigenvalue weighted by Gasteiger charge is -2.44. The van der Waals surface area contributed by atoms with Crippen LogP contribution in [0.25, 0.3) is 11.0 Å². The third-order valence-corrected chi connectivity index (χ3v) is 4.86. The molecule has 1 atom stereocenters. The number of methoxy groups -OCH3 is 1. The fourth-order valence-corrected chi connectivity index (χ4v) is 3.59. The van der Waals surface area contributed by atoms with Gasteiger partial charge in [0.25, 0.3) is 5.91 Å². The number of amides is 1. The van der Waals surface area contributed by atoms with E-state index in [1.807, 2.05) is 0 Å². The number of hydrogen-bond donors (Lipinski definition) is 2. The average Bonchev–Trinajstić information content (AvgIpc) is 3.02. The zero-order valence-electron chi connectivity index (χ0n) is 12.5. The lowest BCUT2D eigenvalue weighted by Crippen LogP contribution is -2.57. The van der Waals surface area contributed by atoms with Crippen LogP contribution in [0.5, 0.6) is 5.75 Å². The summed E-state index contributed by atoms with van der Waals surface area (Å²) in [7, 11) is 1.57. The van der Waals surface area contributed by atoms with E-state index in [4.69, 9.17) is 4.74 Å². The second kappa shape index (κ2) is 5.24. The molecule has 0 radical (unpaired) electrons. The molecule has 5 rings (SSSR count). The number of carbonyl (C=O) groups is 1. The van der Waals surface area contributed by atoms with Crippen molar-refractivity contribution in [1.29, 1.82) is 0 Å². The van der Waals surface area contributed by atoms with Crippen molar-refractivity contribution in [3.05, 3.63) is 17.7 Å². The average molecular weight is 301 g/mol. The molecular formula is C15H19N5O2. The second-order valence-corrected chi connectivity index (χ2v) is 6.10. The van der Waals surface area contributed by atoms with Crippen molar-refractivity contribution < 1.29 is 9.53 Å². The van der Waals surface area contributed by atoms with Crippen LogP contribution in [-0.4, -0.2) is 59.0 Å². The van der Waals surface area contributed by atoms with E-state index in [-0.39, 0.29) is 11.9 Å². The van der Waals surface area contributed by atoms with Gasteiger partial charge in [-0.15, -0.1) is 5.10 Å². The number of aromatic amines is 1. The van der Waals surface area contributed by atoms with E-state index in [9.17, 15) is 4.79 Å². The van der Waals surface area contributed by atoms with Gasteiger partial charge in [-0.25, -0.2) is 0 Å². The van der Waals surface area contributed by atoms with Gasteiger partial charge in [0.1, 0.15) is 11.3 Å². The largest absolute Gasteiger partial charge is 0.496 e. The molecule has 1 amide bonds. The lowest BCUT2D eigenvalue weighted by atomic mass is 9.84. The molecule has 3 aliphatic rings. The van der Waals surface area contributed by atoms with Gasteiger partial charge in [0.05, 0.1) is 18.2 Å². The highest BCUT2D eigenvalue weighted by molar-refractivity contribution is 6.00. The molecule has 0 aliphatic carbocycles. The van der Waals surface area contributed by atoms with E-state index in [2.05, 4.69) is 25.6 Å². The summed E-state index contributed by atoms with van der Waals surface area (Å²) in [5.74, 6) is 1.04. The van der Waals surface area contributed by atoms with Crippen molar-refractivity contribution in [2.45, 2.75) is 18.9 Å². The minimum Gasteiger partial charge on any atom is -0.496 e. The summed E-state index contributed by atoms with van der Waals surface area (Å²) in [6.45, 7) is 3.27. The molecule has 1 aromatic carbocycles. The van der Waals surface area contributed by atoms with E-state index in [0.29, 0.717) is 22.7 Å². The zero-order valence-corrected chi connectivity index (χ0v) is 12.5. The van der Waals surface area contributed by atoms with Gasteiger partial charge in [0.15, 0.2) is 0 Å². The molecule has 7 heteroatoms. The fourth-order valence-electron chi connectivity index (χ4n) is 3.59. The third kappa shape index (κ3) is 2.21. The first kappa shape index (κ1) is 13.5. The molecule has 0 saturated carbocycles. The van der Waals surface area contributed by atoms with Crippen LogP contribution < -0.4 is 10.1 Å². The van der Waals surface area contributed by atoms with E-state index in [1.54, 1.807) is 19.2 Å². The maximum atomic E-state index is 12.7. The maximum absolute atomic E-state index is 12.7. The number of hydrogen-bond acceptors (Lipinski definition) is 5. The SMILES string of the molecule is COc1cc2[nH]nnc2cc1C(=O)NC1CN2CCC1CC2. The van der Waals surface area contributed by atoms with Crippen molar-refractivity contribution in [3.8, 4) is 5.75 Å². The van der Waals surface area contributed by atoms with E-state index in [0.717, 1.165) is 25.2 Å². The van der Waals surface area contributed by atoms with Gasteiger partial charge in [0.2, 0.25) is 0 Å². The molecule has 2 aromatic rings. The third-order valence-electron chi connectivity index (χ3n) is 4.86. The summed E-state index contributed by atoms with van der Waals surface area (Å²) in [5.41, 5.74) is 1.94. The summed E-state index contributed by atoms with van der Waals surface area (Å²) >= 11 is 0. The summed E-state index contributed by atoms with van der Waals surface area (Å²) in [6.07, 6.45) is 2.34. The van der Waals surface area contributed by atoms with Crippen LogP contribution in [0.1, 0.15) is 23.2 Å². The molecule has 22 heavy (non-hydrogen) atoms. The molecule has 3 aliphatic heterocycles. The number of nitrogens with one attached hydrogen (secondary N) is 2. The highest BCUT2D eigenvalue weighted by atomic mass is 16.5. The first-order valence-corrected chi connectivity index (χ1v) is 7.66. The maximum Gasteiger partial charge on any atom is 0.255 e. The molecule has 3 saturated heterocycles. The zero-order chi connectivity index (χ0) is 15.1. The van der Waals surface area contributed by atoms with Crippen LogP contribution >= 0.6 is 0 Å². The number of benzene rings is 1. The number of rotatable bonds is 3. The number of fused-ring (bicyclic) bond motifs is 4. The Morgan fingerprint density at radius 2 is 2.23 bits per heavy atom. The normalized spacial score (nSPS) is 27.0. The number of carbonyl (C=O) groups excluding carboxylic acids is 1. The summed E-state index contributed by atoms with van der Waals surface area (Å²) in [6, 6.07) is 3.72. The highest BCUT2D eigenvalue weighted by Crippen LogP contribution is 2.29. The summed E-state index contributed by atoms with van der Waals surface area (Å²) < 4.78 is 5.35. The van der Waals surface area contributed by atoms with Gasteiger partial charge >= 0.3 is 0 Å². The highest BCUT2D eigenvalue weighted by Gasteiger charge is 2.35. The van der Waals surface area contributed by atoms with Crippen LogP contribution in [0.2, 0.25) is 0 Å². The molecule has 2 bridgehead atoms. The first-order valence-electron chi connectivity index (χ1n) is 7.66. The Morgan fingerprint density at radius 3 is 2.91 bits per heavy atom. The van der Waals surface area contributed by atoms with Gasteiger partial charge in [-0.1, -0.05) is 5.21 Å². The number of nitrogens with zero attached hydrogens (tertiary/aromatic N) is 3. The minimum absolute atomic E-state index is 0.0968. The Hall–Kier alpha value is -2.15. The van der Waals surface area contributed by atoms with Crippen molar-refractivity contribution in [3.63, 3.8) is 0 Å². The molecule has 4 heterocycles. The molecule has 3 fully saturated rings.